The Morgan fingerprint density at radius 2 is 1.61 bits per heavy atom. The largest absolute Gasteiger partial charge is 0.355 e. The van der Waals surface area contributed by atoms with Crippen molar-refractivity contribution in [3.8, 4) is 11.4 Å². The van der Waals surface area contributed by atoms with Crippen LogP contribution in [0.3, 0.4) is 0 Å². The van der Waals surface area contributed by atoms with Gasteiger partial charge < -0.3 is 4.90 Å². The summed E-state index contributed by atoms with van der Waals surface area (Å²) in [6, 6.07) is 20.4. The number of para-hydroxylation sites is 1. The fraction of sp³-hybridized carbons (Fsp3) is 0.240. The summed E-state index contributed by atoms with van der Waals surface area (Å²) in [6.07, 6.45) is 4.67. The molecule has 2 aromatic heterocycles. The zero-order valence-electron chi connectivity index (χ0n) is 17.3. The van der Waals surface area contributed by atoms with Crippen molar-refractivity contribution >= 4 is 28.3 Å². The second-order valence-corrected chi connectivity index (χ2v) is 8.30. The van der Waals surface area contributed by atoms with Crippen molar-refractivity contribution in [1.82, 2.24) is 19.9 Å². The number of nitrogens with zero attached hydrogens (tertiary/aromatic N) is 5. The molecule has 3 heterocycles. The number of benzene rings is 2. The van der Waals surface area contributed by atoms with Crippen molar-refractivity contribution in [2.24, 2.45) is 0 Å². The Labute approximate surface area is 187 Å². The number of anilines is 1. The minimum Gasteiger partial charge on any atom is -0.355 e. The summed E-state index contributed by atoms with van der Waals surface area (Å²) in [7, 11) is 0. The van der Waals surface area contributed by atoms with Crippen LogP contribution in [0.2, 0.25) is 5.02 Å². The molecule has 0 radical (unpaired) electrons. The van der Waals surface area contributed by atoms with Gasteiger partial charge in [0.1, 0.15) is 5.82 Å². The lowest BCUT2D eigenvalue weighted by atomic mass is 10.2. The Morgan fingerprint density at radius 1 is 0.806 bits per heavy atom. The zero-order chi connectivity index (χ0) is 21.0. The minimum atomic E-state index is 0.748. The zero-order valence-corrected chi connectivity index (χ0v) is 18.0. The van der Waals surface area contributed by atoms with E-state index in [4.69, 9.17) is 21.6 Å². The number of hydrogen-bond donors (Lipinski definition) is 0. The van der Waals surface area contributed by atoms with E-state index in [1.165, 1.54) is 5.56 Å². The molecule has 0 amide bonds. The first kappa shape index (κ1) is 19.9. The molecular weight excluding hydrogens is 406 g/mol. The third kappa shape index (κ3) is 4.53. The summed E-state index contributed by atoms with van der Waals surface area (Å²) in [5.41, 5.74) is 3.26. The summed E-state index contributed by atoms with van der Waals surface area (Å²) in [5.74, 6) is 1.77. The van der Waals surface area contributed by atoms with Gasteiger partial charge in [0.2, 0.25) is 0 Å². The van der Waals surface area contributed by atoms with Gasteiger partial charge in [0.15, 0.2) is 5.82 Å². The molecule has 0 aliphatic carbocycles. The Bertz CT molecular complexity index is 1160. The highest BCUT2D eigenvalue weighted by Crippen LogP contribution is 2.28. The molecule has 1 aliphatic rings. The maximum atomic E-state index is 6.04. The lowest BCUT2D eigenvalue weighted by molar-refractivity contribution is 0.285. The van der Waals surface area contributed by atoms with Gasteiger partial charge in [0, 0.05) is 61.1 Å². The normalized spacial score (nSPS) is 15.2. The van der Waals surface area contributed by atoms with Crippen LogP contribution in [0.5, 0.6) is 0 Å². The van der Waals surface area contributed by atoms with Crippen molar-refractivity contribution in [2.45, 2.75) is 13.0 Å². The first-order valence-electron chi connectivity index (χ1n) is 10.7. The fourth-order valence-corrected chi connectivity index (χ4v) is 4.25. The smallest absolute Gasteiger partial charge is 0.162 e. The highest BCUT2D eigenvalue weighted by Gasteiger charge is 2.19. The van der Waals surface area contributed by atoms with E-state index in [-0.39, 0.29) is 0 Å². The van der Waals surface area contributed by atoms with Gasteiger partial charge in [-0.05, 0) is 48.4 Å². The first-order valence-corrected chi connectivity index (χ1v) is 11.0. The highest BCUT2D eigenvalue weighted by atomic mass is 35.5. The molecule has 4 aromatic rings. The molecular formula is C25H24ClN5. The average molecular weight is 430 g/mol. The van der Waals surface area contributed by atoms with Crippen LogP contribution in [0.15, 0.2) is 73.1 Å². The summed E-state index contributed by atoms with van der Waals surface area (Å²) in [5, 5.41) is 1.89. The molecule has 6 heteroatoms. The molecule has 0 atom stereocenters. The van der Waals surface area contributed by atoms with Crippen molar-refractivity contribution in [2.75, 3.05) is 31.1 Å². The molecule has 0 N–H and O–H groups in total. The molecule has 5 nitrogen and oxygen atoms in total. The van der Waals surface area contributed by atoms with Crippen molar-refractivity contribution in [1.29, 1.82) is 0 Å². The van der Waals surface area contributed by atoms with Crippen LogP contribution >= 0.6 is 11.6 Å². The average Bonchev–Trinajstić information content (AvgIpc) is 3.06. The highest BCUT2D eigenvalue weighted by molar-refractivity contribution is 6.30. The molecule has 0 bridgehead atoms. The molecule has 2 aromatic carbocycles. The topological polar surface area (TPSA) is 45.2 Å². The number of aromatic nitrogens is 3. The first-order chi connectivity index (χ1) is 15.3. The predicted octanol–water partition coefficient (Wildman–Crippen LogP) is 5.06. The van der Waals surface area contributed by atoms with Gasteiger partial charge in [-0.25, -0.2) is 9.97 Å². The summed E-state index contributed by atoms with van der Waals surface area (Å²) in [6.45, 7) is 4.92. The SMILES string of the molecule is Clc1ccc(CN2CCCN(c3nc(-c4ccncc4)nc4ccccc34)CC2)cc1. The maximum absolute atomic E-state index is 6.04. The van der Waals surface area contributed by atoms with Crippen LogP contribution < -0.4 is 4.90 Å². The molecule has 1 fully saturated rings. The summed E-state index contributed by atoms with van der Waals surface area (Å²) < 4.78 is 0. The molecule has 1 aliphatic heterocycles. The van der Waals surface area contributed by atoms with Gasteiger partial charge in [-0.3, -0.25) is 9.88 Å². The Kier molecular flexibility index (Phi) is 5.78. The predicted molar refractivity (Wildman–Crippen MR) is 126 cm³/mol. The van der Waals surface area contributed by atoms with E-state index in [1.54, 1.807) is 12.4 Å². The number of pyridine rings is 1. The van der Waals surface area contributed by atoms with E-state index in [0.29, 0.717) is 0 Å². The summed E-state index contributed by atoms with van der Waals surface area (Å²) in [4.78, 5) is 18.9. The molecule has 156 valence electrons. The Morgan fingerprint density at radius 3 is 2.45 bits per heavy atom. The van der Waals surface area contributed by atoms with Gasteiger partial charge in [-0.15, -0.1) is 0 Å². The van der Waals surface area contributed by atoms with E-state index < -0.39 is 0 Å². The van der Waals surface area contributed by atoms with Crippen molar-refractivity contribution < 1.29 is 0 Å². The van der Waals surface area contributed by atoms with E-state index in [1.807, 2.05) is 30.3 Å². The molecule has 0 spiro atoms. The quantitative estimate of drug-likeness (QED) is 0.454. The summed E-state index contributed by atoms with van der Waals surface area (Å²) >= 11 is 6.04. The molecule has 1 saturated heterocycles. The van der Waals surface area contributed by atoms with Crippen LogP contribution in [-0.4, -0.2) is 46.0 Å². The van der Waals surface area contributed by atoms with Gasteiger partial charge in [-0.2, -0.15) is 0 Å². The van der Waals surface area contributed by atoms with Crippen molar-refractivity contribution in [3.63, 3.8) is 0 Å². The van der Waals surface area contributed by atoms with Crippen LogP contribution in [0.25, 0.3) is 22.3 Å². The molecule has 0 saturated carbocycles. The van der Waals surface area contributed by atoms with Gasteiger partial charge in [0.05, 0.1) is 5.52 Å². The van der Waals surface area contributed by atoms with Crippen LogP contribution in [-0.2, 0) is 6.54 Å². The third-order valence-corrected chi connectivity index (χ3v) is 5.98. The molecule has 0 unspecified atom stereocenters. The third-order valence-electron chi connectivity index (χ3n) is 5.73. The lowest BCUT2D eigenvalue weighted by Gasteiger charge is -2.24. The monoisotopic (exact) mass is 429 g/mol. The number of fused-ring (bicyclic) bond motifs is 1. The van der Waals surface area contributed by atoms with E-state index >= 15 is 0 Å². The Hall–Kier alpha value is -3.02. The second kappa shape index (κ2) is 9.00. The van der Waals surface area contributed by atoms with E-state index in [9.17, 15) is 0 Å². The fourth-order valence-electron chi connectivity index (χ4n) is 4.12. The second-order valence-electron chi connectivity index (χ2n) is 7.87. The van der Waals surface area contributed by atoms with Crippen LogP contribution in [0.1, 0.15) is 12.0 Å². The van der Waals surface area contributed by atoms with Gasteiger partial charge in [-0.1, -0.05) is 35.9 Å². The van der Waals surface area contributed by atoms with E-state index in [2.05, 4.69) is 45.1 Å². The van der Waals surface area contributed by atoms with Gasteiger partial charge in [0.25, 0.3) is 0 Å². The number of halogens is 1. The van der Waals surface area contributed by atoms with Crippen molar-refractivity contribution in [3.05, 3.63) is 83.6 Å². The lowest BCUT2D eigenvalue weighted by Crippen LogP contribution is -2.31. The standard InChI is InChI=1S/C25H24ClN5/c26-21-8-6-19(7-9-21)18-30-14-3-15-31(17-16-30)25-22-4-1-2-5-23(22)28-24(29-25)20-10-12-27-13-11-20/h1-2,4-13H,3,14-18H2. The van der Waals surface area contributed by atoms with Gasteiger partial charge >= 0.3 is 0 Å². The molecule has 5 rings (SSSR count). The van der Waals surface area contributed by atoms with Crippen LogP contribution in [0.4, 0.5) is 5.82 Å². The van der Waals surface area contributed by atoms with Crippen LogP contribution in [0, 0.1) is 0 Å². The minimum absolute atomic E-state index is 0.748. The number of hydrogen-bond acceptors (Lipinski definition) is 5. The Balaban J connectivity index is 1.41. The van der Waals surface area contributed by atoms with E-state index in [0.717, 1.165) is 72.3 Å². The maximum Gasteiger partial charge on any atom is 0.162 e. The number of rotatable bonds is 4. The molecule has 31 heavy (non-hydrogen) atoms.